The lowest BCUT2D eigenvalue weighted by Gasteiger charge is -2.35. The highest BCUT2D eigenvalue weighted by molar-refractivity contribution is 7.90. The molecule has 41 heavy (non-hydrogen) atoms. The normalized spacial score (nSPS) is 14.8. The van der Waals surface area contributed by atoms with Crippen LogP contribution in [0.1, 0.15) is 27.2 Å². The summed E-state index contributed by atoms with van der Waals surface area (Å²) in [6.07, 6.45) is -1.61. The van der Waals surface area contributed by atoms with E-state index in [0.717, 1.165) is 6.07 Å². The number of nitrogens with zero attached hydrogens (tertiary/aromatic N) is 4. The Morgan fingerprint density at radius 2 is 1.66 bits per heavy atom. The molecular weight excluding hydrogens is 557 g/mol. The van der Waals surface area contributed by atoms with Crippen LogP contribution in [-0.2, 0) is 28.3 Å². The highest BCUT2D eigenvalue weighted by Crippen LogP contribution is 2.32. The second kappa shape index (κ2) is 11.5. The summed E-state index contributed by atoms with van der Waals surface area (Å²) >= 11 is 0. The highest BCUT2D eigenvalue weighted by atomic mass is 32.2. The number of para-hydroxylation sites is 1. The van der Waals surface area contributed by atoms with Gasteiger partial charge in [0.15, 0.2) is 9.84 Å². The largest absolute Gasteiger partial charge is 0.496 e. The zero-order valence-corrected chi connectivity index (χ0v) is 23.0. The molecule has 1 amide bonds. The molecule has 12 heteroatoms. The molecule has 2 aromatic carbocycles. The number of alkyl halides is 3. The average molecular weight is 585 g/mol. The Kier molecular flexibility index (Phi) is 7.96. The van der Waals surface area contributed by atoms with E-state index in [0.29, 0.717) is 48.2 Å². The molecule has 0 saturated carbocycles. The van der Waals surface area contributed by atoms with Gasteiger partial charge in [0.2, 0.25) is 0 Å². The molecule has 1 aliphatic rings. The van der Waals surface area contributed by atoms with E-state index >= 15 is 0 Å². The van der Waals surface area contributed by atoms with Gasteiger partial charge in [-0.2, -0.15) is 13.2 Å². The molecule has 0 unspecified atom stereocenters. The fourth-order valence-electron chi connectivity index (χ4n) is 4.93. The molecule has 0 spiro atoms. The van der Waals surface area contributed by atoms with Crippen molar-refractivity contribution < 1.29 is 31.1 Å². The maximum absolute atomic E-state index is 13.3. The summed E-state index contributed by atoms with van der Waals surface area (Å²) in [5.41, 5.74) is 0.307. The average Bonchev–Trinajstić information content (AvgIpc) is 2.96. The second-order valence-electron chi connectivity index (χ2n) is 9.68. The van der Waals surface area contributed by atoms with E-state index in [1.165, 1.54) is 31.5 Å². The number of carbonyl (C=O) groups excluding carboxylic acids is 1. The predicted octanol–water partition coefficient (Wildman–Crippen LogP) is 4.59. The standard InChI is InChI=1S/C29H27F3N4O4S/c1-40-25-17-21(9-10-22(25)19-41(38,39)26-8-2-5-20-6-3-12-34-27(20)26)28(37)36-15-13-35(14-16-36)18-24-23(29(30,31)32)7-4-11-33-24/h2-12,17H,13-16,18-19H2,1H3. The van der Waals surface area contributed by atoms with Crippen LogP contribution in [0.5, 0.6) is 5.75 Å². The Balaban J connectivity index is 1.27. The van der Waals surface area contributed by atoms with Crippen molar-refractivity contribution >= 4 is 26.6 Å². The zero-order valence-electron chi connectivity index (χ0n) is 22.1. The van der Waals surface area contributed by atoms with Gasteiger partial charge in [0.1, 0.15) is 5.75 Å². The number of rotatable bonds is 7. The lowest BCUT2D eigenvalue weighted by molar-refractivity contribution is -0.138. The summed E-state index contributed by atoms with van der Waals surface area (Å²) in [7, 11) is -2.38. The van der Waals surface area contributed by atoms with Crippen LogP contribution >= 0.6 is 0 Å². The molecule has 0 N–H and O–H groups in total. The number of amides is 1. The Morgan fingerprint density at radius 3 is 2.39 bits per heavy atom. The summed E-state index contributed by atoms with van der Waals surface area (Å²) in [4.78, 5) is 25.0. The van der Waals surface area contributed by atoms with Gasteiger partial charge < -0.3 is 9.64 Å². The molecule has 1 aliphatic heterocycles. The van der Waals surface area contributed by atoms with E-state index in [9.17, 15) is 26.4 Å². The number of hydrogen-bond acceptors (Lipinski definition) is 7. The quantitative estimate of drug-likeness (QED) is 0.314. The van der Waals surface area contributed by atoms with Crippen molar-refractivity contribution in [2.75, 3.05) is 33.3 Å². The van der Waals surface area contributed by atoms with Crippen LogP contribution in [0, 0.1) is 0 Å². The molecule has 0 bridgehead atoms. The van der Waals surface area contributed by atoms with Crippen molar-refractivity contribution in [3.05, 3.63) is 95.4 Å². The van der Waals surface area contributed by atoms with Gasteiger partial charge in [-0.25, -0.2) is 8.42 Å². The molecule has 0 radical (unpaired) electrons. The molecule has 214 valence electrons. The molecule has 3 heterocycles. The number of pyridine rings is 2. The molecule has 0 atom stereocenters. The smallest absolute Gasteiger partial charge is 0.418 e. The predicted molar refractivity (Wildman–Crippen MR) is 146 cm³/mol. The van der Waals surface area contributed by atoms with E-state index < -0.39 is 21.6 Å². The van der Waals surface area contributed by atoms with E-state index in [-0.39, 0.29) is 34.5 Å². The lowest BCUT2D eigenvalue weighted by Crippen LogP contribution is -2.48. The van der Waals surface area contributed by atoms with Crippen LogP contribution in [0.4, 0.5) is 13.2 Å². The van der Waals surface area contributed by atoms with Crippen molar-refractivity contribution in [3.8, 4) is 5.75 Å². The highest BCUT2D eigenvalue weighted by Gasteiger charge is 2.34. The minimum atomic E-state index is -4.49. The number of piperazine rings is 1. The molecule has 8 nitrogen and oxygen atoms in total. The maximum Gasteiger partial charge on any atom is 0.418 e. The van der Waals surface area contributed by atoms with E-state index in [4.69, 9.17) is 4.74 Å². The minimum Gasteiger partial charge on any atom is -0.496 e. The van der Waals surface area contributed by atoms with Gasteiger partial charge in [-0.1, -0.05) is 24.3 Å². The number of methoxy groups -OCH3 is 1. The number of aromatic nitrogens is 2. The Labute approximate surface area is 235 Å². The van der Waals surface area contributed by atoms with Gasteiger partial charge in [-0.3, -0.25) is 19.7 Å². The Bertz CT molecular complexity index is 1680. The molecule has 1 fully saturated rings. The van der Waals surface area contributed by atoms with Crippen LogP contribution in [0.15, 0.2) is 78.0 Å². The van der Waals surface area contributed by atoms with Crippen LogP contribution in [-0.4, -0.2) is 67.4 Å². The van der Waals surface area contributed by atoms with Gasteiger partial charge in [0.25, 0.3) is 5.91 Å². The fraction of sp³-hybridized carbons (Fsp3) is 0.276. The fourth-order valence-corrected chi connectivity index (χ4v) is 6.49. The second-order valence-corrected chi connectivity index (χ2v) is 11.6. The van der Waals surface area contributed by atoms with Crippen molar-refractivity contribution in [3.63, 3.8) is 0 Å². The van der Waals surface area contributed by atoms with Crippen LogP contribution < -0.4 is 4.74 Å². The Hall–Kier alpha value is -4.03. The monoisotopic (exact) mass is 584 g/mol. The molecule has 5 rings (SSSR count). The van der Waals surface area contributed by atoms with Crippen molar-refractivity contribution in [1.82, 2.24) is 19.8 Å². The van der Waals surface area contributed by atoms with Crippen LogP contribution in [0.3, 0.4) is 0 Å². The third kappa shape index (κ3) is 6.18. The van der Waals surface area contributed by atoms with Gasteiger partial charge in [-0.05, 0) is 36.4 Å². The SMILES string of the molecule is COc1cc(C(=O)N2CCN(Cc3ncccc3C(F)(F)F)CC2)ccc1CS(=O)(=O)c1cccc2cccnc12. The number of carbonyl (C=O) groups is 1. The van der Waals surface area contributed by atoms with Gasteiger partial charge in [0.05, 0.1) is 34.5 Å². The van der Waals surface area contributed by atoms with Crippen LogP contribution in [0.2, 0.25) is 0 Å². The lowest BCUT2D eigenvalue weighted by atomic mass is 10.1. The Morgan fingerprint density at radius 1 is 0.951 bits per heavy atom. The third-order valence-electron chi connectivity index (χ3n) is 7.04. The number of halogens is 3. The maximum atomic E-state index is 13.3. The first-order valence-corrected chi connectivity index (χ1v) is 14.5. The first-order valence-electron chi connectivity index (χ1n) is 12.8. The zero-order chi connectivity index (χ0) is 29.2. The summed E-state index contributed by atoms with van der Waals surface area (Å²) in [5.74, 6) is -0.350. The molecule has 4 aromatic rings. The summed E-state index contributed by atoms with van der Waals surface area (Å²) in [6.45, 7) is 1.43. The minimum absolute atomic E-state index is 0.0287. The van der Waals surface area contributed by atoms with Gasteiger partial charge >= 0.3 is 6.18 Å². The number of fused-ring (bicyclic) bond motifs is 1. The topological polar surface area (TPSA) is 92.7 Å². The first-order chi connectivity index (χ1) is 19.6. The van der Waals surface area contributed by atoms with Crippen molar-refractivity contribution in [2.45, 2.75) is 23.4 Å². The number of sulfone groups is 1. The van der Waals surface area contributed by atoms with Crippen molar-refractivity contribution in [1.29, 1.82) is 0 Å². The third-order valence-corrected chi connectivity index (χ3v) is 8.73. The molecular formula is C29H27F3N4O4S. The summed E-state index contributed by atoms with van der Waals surface area (Å²) < 4.78 is 72.1. The van der Waals surface area contributed by atoms with E-state index in [2.05, 4.69) is 9.97 Å². The molecule has 1 saturated heterocycles. The van der Waals surface area contributed by atoms with Crippen LogP contribution in [0.25, 0.3) is 10.9 Å². The molecule has 0 aliphatic carbocycles. The van der Waals surface area contributed by atoms with Gasteiger partial charge in [0, 0.05) is 61.6 Å². The number of benzene rings is 2. The summed E-state index contributed by atoms with van der Waals surface area (Å²) in [6, 6.07) is 15.4. The number of ether oxygens (including phenoxy) is 1. The van der Waals surface area contributed by atoms with E-state index in [1.807, 2.05) is 4.90 Å². The van der Waals surface area contributed by atoms with Gasteiger partial charge in [-0.15, -0.1) is 0 Å². The number of hydrogen-bond donors (Lipinski definition) is 0. The van der Waals surface area contributed by atoms with E-state index in [1.54, 1.807) is 47.5 Å². The summed E-state index contributed by atoms with van der Waals surface area (Å²) in [5, 5.41) is 0.711. The van der Waals surface area contributed by atoms with Crippen molar-refractivity contribution in [2.24, 2.45) is 0 Å². The molecule has 2 aromatic heterocycles. The first kappa shape index (κ1) is 28.5.